The van der Waals surface area contributed by atoms with Crippen LogP contribution in [0.3, 0.4) is 0 Å². The van der Waals surface area contributed by atoms with Gasteiger partial charge in [-0.1, -0.05) is 54.1 Å². The Bertz CT molecular complexity index is 1410. The van der Waals surface area contributed by atoms with E-state index in [1.54, 1.807) is 36.4 Å². The van der Waals surface area contributed by atoms with E-state index in [1.165, 1.54) is 10.7 Å². The number of carbonyl (C=O) groups is 2. The maximum absolute atomic E-state index is 13.0. The second-order valence-electron chi connectivity index (χ2n) is 8.77. The average Bonchev–Trinajstić information content (AvgIpc) is 3.64. The number of anilines is 1. The predicted octanol–water partition coefficient (Wildman–Crippen LogP) is 5.84. The number of benzene rings is 3. The Morgan fingerprint density at radius 2 is 1.75 bits per heavy atom. The Labute approximate surface area is 213 Å². The van der Waals surface area contributed by atoms with Crippen molar-refractivity contribution in [3.8, 4) is 17.0 Å². The van der Waals surface area contributed by atoms with Gasteiger partial charge in [-0.2, -0.15) is 9.78 Å². The number of aromatic nitrogens is 2. The molecule has 1 aliphatic carbocycles. The van der Waals surface area contributed by atoms with Crippen molar-refractivity contribution in [2.24, 2.45) is 0 Å². The summed E-state index contributed by atoms with van der Waals surface area (Å²) in [6.45, 7) is 0.483. The number of phenols is 1. The smallest absolute Gasteiger partial charge is 0.342 e. The molecule has 8 heteroatoms. The van der Waals surface area contributed by atoms with Crippen molar-refractivity contribution in [3.63, 3.8) is 0 Å². The van der Waals surface area contributed by atoms with Gasteiger partial charge in [0.15, 0.2) is 0 Å². The van der Waals surface area contributed by atoms with E-state index in [2.05, 4.69) is 15.7 Å². The lowest BCUT2D eigenvalue weighted by molar-refractivity contribution is 0.102. The molecule has 0 aliphatic heterocycles. The molecule has 1 saturated carbocycles. The van der Waals surface area contributed by atoms with Gasteiger partial charge < -0.3 is 15.7 Å². The Hall–Kier alpha value is -4.10. The normalized spacial score (nSPS) is 12.8. The molecule has 0 spiro atoms. The molecule has 1 aliphatic rings. The summed E-state index contributed by atoms with van der Waals surface area (Å²) >= 11 is 6.14. The van der Waals surface area contributed by atoms with Crippen LogP contribution in [0.15, 0.2) is 78.9 Å². The number of rotatable bonds is 7. The number of hydrogen-bond donors (Lipinski definition) is 3. The predicted molar refractivity (Wildman–Crippen MR) is 140 cm³/mol. The van der Waals surface area contributed by atoms with E-state index in [1.807, 2.05) is 36.4 Å². The minimum absolute atomic E-state index is 0.00206. The van der Waals surface area contributed by atoms with Crippen LogP contribution in [0.4, 0.5) is 10.5 Å². The van der Waals surface area contributed by atoms with Gasteiger partial charge in [0.2, 0.25) is 0 Å². The van der Waals surface area contributed by atoms with E-state index in [0.717, 1.165) is 24.1 Å². The monoisotopic (exact) mass is 500 g/mol. The molecule has 3 aromatic carbocycles. The first-order valence-corrected chi connectivity index (χ1v) is 12.2. The summed E-state index contributed by atoms with van der Waals surface area (Å²) in [5.74, 6) is -0.0992. The summed E-state index contributed by atoms with van der Waals surface area (Å²) in [5.41, 5.74) is 3.66. The van der Waals surface area contributed by atoms with Crippen molar-refractivity contribution < 1.29 is 14.7 Å². The zero-order valence-corrected chi connectivity index (χ0v) is 20.2. The first kappa shape index (κ1) is 23.6. The quantitative estimate of drug-likeness (QED) is 0.278. The molecule has 0 saturated heterocycles. The lowest BCUT2D eigenvalue weighted by atomic mass is 10.1. The number of nitrogens with zero attached hydrogens (tertiary/aromatic N) is 2. The fourth-order valence-electron chi connectivity index (χ4n) is 4.06. The van der Waals surface area contributed by atoms with E-state index in [-0.39, 0.29) is 23.6 Å². The van der Waals surface area contributed by atoms with Gasteiger partial charge in [-0.05, 0) is 61.2 Å². The fraction of sp³-hybridized carbons (Fsp3) is 0.179. The third-order valence-electron chi connectivity index (χ3n) is 6.11. The number of halogens is 1. The van der Waals surface area contributed by atoms with Crippen LogP contribution < -0.4 is 10.6 Å². The van der Waals surface area contributed by atoms with Crippen LogP contribution in [0.2, 0.25) is 5.02 Å². The number of nitrogens with one attached hydrogen (secondary N) is 2. The van der Waals surface area contributed by atoms with Crippen molar-refractivity contribution in [2.75, 3.05) is 11.9 Å². The molecule has 0 radical (unpaired) electrons. The Balaban J connectivity index is 1.36. The number of aromatic hydroxyl groups is 1. The van der Waals surface area contributed by atoms with Crippen LogP contribution in [0.25, 0.3) is 11.3 Å². The van der Waals surface area contributed by atoms with Crippen LogP contribution >= 0.6 is 11.6 Å². The topological polar surface area (TPSA) is 96.2 Å². The highest BCUT2D eigenvalue weighted by Crippen LogP contribution is 2.42. The zero-order valence-electron chi connectivity index (χ0n) is 19.4. The Kier molecular flexibility index (Phi) is 6.73. The molecule has 0 bridgehead atoms. The van der Waals surface area contributed by atoms with Crippen LogP contribution in [0, 0.1) is 0 Å². The Morgan fingerprint density at radius 1 is 1.00 bits per heavy atom. The number of hydrogen-bond acceptors (Lipinski definition) is 4. The second-order valence-corrected chi connectivity index (χ2v) is 9.18. The first-order valence-electron chi connectivity index (χ1n) is 11.8. The van der Waals surface area contributed by atoms with E-state index < -0.39 is 0 Å². The third kappa shape index (κ3) is 5.26. The van der Waals surface area contributed by atoms with Gasteiger partial charge in [-0.15, -0.1) is 0 Å². The molecule has 182 valence electrons. The minimum atomic E-state index is -0.362. The Morgan fingerprint density at radius 3 is 2.50 bits per heavy atom. The largest absolute Gasteiger partial charge is 0.507 e. The van der Waals surface area contributed by atoms with E-state index in [0.29, 0.717) is 40.5 Å². The molecular weight excluding hydrogens is 476 g/mol. The summed E-state index contributed by atoms with van der Waals surface area (Å²) < 4.78 is 1.40. The molecule has 5 rings (SSSR count). The highest BCUT2D eigenvalue weighted by atomic mass is 35.5. The van der Waals surface area contributed by atoms with Crippen LogP contribution in [-0.4, -0.2) is 33.4 Å². The molecule has 36 heavy (non-hydrogen) atoms. The summed E-state index contributed by atoms with van der Waals surface area (Å²) in [7, 11) is 0. The summed E-state index contributed by atoms with van der Waals surface area (Å²) in [6, 6.07) is 23.0. The van der Waals surface area contributed by atoms with Crippen LogP contribution in [-0.2, 0) is 6.42 Å². The summed E-state index contributed by atoms with van der Waals surface area (Å²) in [4.78, 5) is 25.7. The molecule has 4 aromatic rings. The van der Waals surface area contributed by atoms with Gasteiger partial charge in [-0.3, -0.25) is 4.79 Å². The number of amides is 2. The van der Waals surface area contributed by atoms with Crippen molar-refractivity contribution in [3.05, 3.63) is 101 Å². The molecule has 0 atom stereocenters. The lowest BCUT2D eigenvalue weighted by Crippen LogP contribution is -2.32. The van der Waals surface area contributed by atoms with Crippen molar-refractivity contribution in [1.82, 2.24) is 15.1 Å². The highest BCUT2D eigenvalue weighted by molar-refractivity contribution is 6.34. The fourth-order valence-corrected chi connectivity index (χ4v) is 4.28. The van der Waals surface area contributed by atoms with Crippen LogP contribution in [0.1, 0.15) is 40.4 Å². The van der Waals surface area contributed by atoms with Gasteiger partial charge in [0.05, 0.1) is 22.0 Å². The summed E-state index contributed by atoms with van der Waals surface area (Å²) in [5, 5.41) is 21.2. The third-order valence-corrected chi connectivity index (χ3v) is 6.44. The number of carbonyl (C=O) groups excluding carboxylic acids is 2. The lowest BCUT2D eigenvalue weighted by Gasteiger charge is -2.09. The van der Waals surface area contributed by atoms with Crippen molar-refractivity contribution >= 4 is 29.2 Å². The maximum atomic E-state index is 13.0. The SMILES string of the molecule is O=C(Nc1ccc(O)c(-c2cc(C3CC3)n(C(=O)NCCc3ccccc3)n2)c1)c1ccccc1Cl. The second kappa shape index (κ2) is 10.3. The van der Waals surface area contributed by atoms with Gasteiger partial charge in [0, 0.05) is 23.7 Å². The van der Waals surface area contributed by atoms with Gasteiger partial charge in [0.25, 0.3) is 5.91 Å². The van der Waals surface area contributed by atoms with Gasteiger partial charge in [-0.25, -0.2) is 4.79 Å². The molecule has 7 nitrogen and oxygen atoms in total. The molecule has 2 amide bonds. The summed E-state index contributed by atoms with van der Waals surface area (Å²) in [6.07, 6.45) is 2.69. The molecule has 1 heterocycles. The molecule has 1 aromatic heterocycles. The van der Waals surface area contributed by atoms with Crippen molar-refractivity contribution in [2.45, 2.75) is 25.2 Å². The highest BCUT2D eigenvalue weighted by Gasteiger charge is 2.30. The van der Waals surface area contributed by atoms with E-state index in [9.17, 15) is 14.7 Å². The van der Waals surface area contributed by atoms with Gasteiger partial charge >= 0.3 is 6.03 Å². The standard InChI is InChI=1S/C28H25ClN4O3/c29-23-9-5-4-8-21(23)27(35)31-20-12-13-26(34)22(16-20)24-17-25(19-10-11-19)33(32-24)28(36)30-15-14-18-6-2-1-3-7-18/h1-9,12-13,16-17,19,34H,10-11,14-15H2,(H,30,36)(H,31,35). The first-order chi connectivity index (χ1) is 17.5. The minimum Gasteiger partial charge on any atom is -0.507 e. The molecule has 0 unspecified atom stereocenters. The van der Waals surface area contributed by atoms with E-state index in [4.69, 9.17) is 11.6 Å². The van der Waals surface area contributed by atoms with Crippen LogP contribution in [0.5, 0.6) is 5.75 Å². The van der Waals surface area contributed by atoms with Gasteiger partial charge in [0.1, 0.15) is 5.75 Å². The average molecular weight is 501 g/mol. The zero-order chi connectivity index (χ0) is 25.1. The number of phenolic OH excluding ortho intramolecular Hbond substituents is 1. The van der Waals surface area contributed by atoms with Crippen molar-refractivity contribution in [1.29, 1.82) is 0 Å². The van der Waals surface area contributed by atoms with E-state index >= 15 is 0 Å². The molecule has 1 fully saturated rings. The maximum Gasteiger partial charge on any atom is 0.342 e. The molecule has 3 N–H and O–H groups in total. The molecular formula is C28H25ClN4O3.